The van der Waals surface area contributed by atoms with Gasteiger partial charge < -0.3 is 0 Å². The second-order valence-corrected chi connectivity index (χ2v) is 5.83. The molecule has 20 heavy (non-hydrogen) atoms. The Labute approximate surface area is 119 Å². The summed E-state index contributed by atoms with van der Waals surface area (Å²) in [6.45, 7) is 2.18. The van der Waals surface area contributed by atoms with Crippen molar-refractivity contribution in [2.75, 3.05) is 0 Å². The lowest BCUT2D eigenvalue weighted by molar-refractivity contribution is 0.0864. The third-order valence-electron chi connectivity index (χ3n) is 4.40. The van der Waals surface area contributed by atoms with Crippen LogP contribution >= 0.6 is 0 Å². The van der Waals surface area contributed by atoms with Gasteiger partial charge in [0.15, 0.2) is 17.4 Å². The molecule has 0 N–H and O–H groups in total. The summed E-state index contributed by atoms with van der Waals surface area (Å²) in [5.74, 6) is -1.59. The molecule has 0 atom stereocenters. The van der Waals surface area contributed by atoms with Crippen molar-refractivity contribution in [1.82, 2.24) is 0 Å². The summed E-state index contributed by atoms with van der Waals surface area (Å²) in [6.07, 6.45) is 7.36. The SMILES string of the molecule is CCCCC1CCC(C(=O)c2cccc(F)c2F)CC1. The molecule has 110 valence electrons. The lowest BCUT2D eigenvalue weighted by atomic mass is 9.77. The maximum atomic E-state index is 13.7. The number of carbonyl (C=O) groups is 1. The average molecular weight is 280 g/mol. The molecule has 0 aromatic heterocycles. The Balaban J connectivity index is 1.96. The first kappa shape index (κ1) is 15.1. The minimum Gasteiger partial charge on any atom is -0.294 e. The van der Waals surface area contributed by atoms with Crippen LogP contribution in [0.5, 0.6) is 0 Å². The Morgan fingerprint density at radius 1 is 1.20 bits per heavy atom. The van der Waals surface area contributed by atoms with E-state index >= 15 is 0 Å². The first-order valence-corrected chi connectivity index (χ1v) is 7.61. The zero-order valence-corrected chi connectivity index (χ0v) is 12.0. The predicted molar refractivity (Wildman–Crippen MR) is 75.7 cm³/mol. The van der Waals surface area contributed by atoms with Crippen LogP contribution in [-0.4, -0.2) is 5.78 Å². The van der Waals surface area contributed by atoms with E-state index < -0.39 is 11.6 Å². The molecule has 0 aliphatic heterocycles. The minimum absolute atomic E-state index is 0.0815. The third kappa shape index (κ3) is 3.44. The van der Waals surface area contributed by atoms with Crippen molar-refractivity contribution in [2.24, 2.45) is 11.8 Å². The van der Waals surface area contributed by atoms with E-state index in [9.17, 15) is 13.6 Å². The number of benzene rings is 1. The zero-order chi connectivity index (χ0) is 14.5. The summed E-state index contributed by atoms with van der Waals surface area (Å²) in [5, 5.41) is 0. The van der Waals surface area contributed by atoms with Gasteiger partial charge in [-0.1, -0.05) is 32.3 Å². The Morgan fingerprint density at radius 2 is 1.90 bits per heavy atom. The van der Waals surface area contributed by atoms with E-state index in [4.69, 9.17) is 0 Å². The van der Waals surface area contributed by atoms with Crippen LogP contribution in [0.1, 0.15) is 62.2 Å². The minimum atomic E-state index is -0.995. The van der Waals surface area contributed by atoms with E-state index in [1.54, 1.807) is 0 Å². The molecule has 1 aromatic carbocycles. The van der Waals surface area contributed by atoms with Crippen LogP contribution < -0.4 is 0 Å². The number of ketones is 1. The molecule has 1 aliphatic carbocycles. The van der Waals surface area contributed by atoms with Gasteiger partial charge in [-0.15, -0.1) is 0 Å². The summed E-state index contributed by atoms with van der Waals surface area (Å²) in [5.41, 5.74) is -0.0815. The van der Waals surface area contributed by atoms with E-state index in [1.807, 2.05) is 0 Å². The Kier molecular flexibility index (Phi) is 5.27. The number of hydrogen-bond acceptors (Lipinski definition) is 1. The standard InChI is InChI=1S/C17H22F2O/c1-2-3-5-12-8-10-13(11-9-12)17(20)14-6-4-7-15(18)16(14)19/h4,6-7,12-13H,2-3,5,8-11H2,1H3. The highest BCUT2D eigenvalue weighted by Crippen LogP contribution is 2.34. The second kappa shape index (κ2) is 6.96. The van der Waals surface area contributed by atoms with Crippen LogP contribution in [0.2, 0.25) is 0 Å². The first-order valence-electron chi connectivity index (χ1n) is 7.61. The topological polar surface area (TPSA) is 17.1 Å². The quantitative estimate of drug-likeness (QED) is 0.682. The normalized spacial score (nSPS) is 22.8. The van der Waals surface area contributed by atoms with Crippen LogP contribution in [0.4, 0.5) is 8.78 Å². The highest BCUT2D eigenvalue weighted by Gasteiger charge is 2.28. The third-order valence-corrected chi connectivity index (χ3v) is 4.40. The van der Waals surface area contributed by atoms with Crippen LogP contribution in [0.15, 0.2) is 18.2 Å². The molecule has 1 fully saturated rings. The molecule has 0 amide bonds. The van der Waals surface area contributed by atoms with E-state index in [0.717, 1.165) is 31.7 Å². The molecule has 0 heterocycles. The highest BCUT2D eigenvalue weighted by molar-refractivity contribution is 5.98. The summed E-state index contributed by atoms with van der Waals surface area (Å²) < 4.78 is 26.8. The van der Waals surface area contributed by atoms with Crippen LogP contribution in [0, 0.1) is 23.5 Å². The summed E-state index contributed by atoms with van der Waals surface area (Å²) >= 11 is 0. The predicted octanol–water partition coefficient (Wildman–Crippen LogP) is 5.14. The Morgan fingerprint density at radius 3 is 2.55 bits per heavy atom. The van der Waals surface area contributed by atoms with Crippen molar-refractivity contribution < 1.29 is 13.6 Å². The van der Waals surface area contributed by atoms with E-state index in [2.05, 4.69) is 6.92 Å². The molecule has 0 spiro atoms. The van der Waals surface area contributed by atoms with Crippen molar-refractivity contribution >= 4 is 5.78 Å². The molecule has 1 aliphatic rings. The molecule has 0 radical (unpaired) electrons. The monoisotopic (exact) mass is 280 g/mol. The van der Waals surface area contributed by atoms with E-state index in [1.165, 1.54) is 31.4 Å². The number of hydrogen-bond donors (Lipinski definition) is 0. The van der Waals surface area contributed by atoms with Crippen molar-refractivity contribution in [3.63, 3.8) is 0 Å². The fraction of sp³-hybridized carbons (Fsp3) is 0.588. The van der Waals surface area contributed by atoms with Crippen LogP contribution in [0.3, 0.4) is 0 Å². The fourth-order valence-electron chi connectivity index (χ4n) is 3.12. The smallest absolute Gasteiger partial charge is 0.169 e. The number of Topliss-reactive ketones (excluding diaryl/α,β-unsaturated/α-hetero) is 1. The molecule has 0 bridgehead atoms. The fourth-order valence-corrected chi connectivity index (χ4v) is 3.12. The molecule has 1 nitrogen and oxygen atoms in total. The van der Waals surface area contributed by atoms with Crippen molar-refractivity contribution in [3.05, 3.63) is 35.4 Å². The van der Waals surface area contributed by atoms with Gasteiger partial charge in [0.05, 0.1) is 5.56 Å². The van der Waals surface area contributed by atoms with Crippen molar-refractivity contribution in [2.45, 2.75) is 51.9 Å². The number of carbonyl (C=O) groups excluding carboxylic acids is 1. The van der Waals surface area contributed by atoms with Gasteiger partial charge in [-0.25, -0.2) is 8.78 Å². The highest BCUT2D eigenvalue weighted by atomic mass is 19.2. The Hall–Kier alpha value is -1.25. The van der Waals surface area contributed by atoms with Gasteiger partial charge in [-0.2, -0.15) is 0 Å². The van der Waals surface area contributed by atoms with E-state index in [0.29, 0.717) is 5.92 Å². The number of rotatable bonds is 5. The molecule has 1 saturated carbocycles. The maximum Gasteiger partial charge on any atom is 0.169 e. The molecular formula is C17H22F2O. The van der Waals surface area contributed by atoms with Gasteiger partial charge in [-0.3, -0.25) is 4.79 Å². The average Bonchev–Trinajstić information content (AvgIpc) is 2.48. The van der Waals surface area contributed by atoms with Gasteiger partial charge in [-0.05, 0) is 43.7 Å². The lowest BCUT2D eigenvalue weighted by Crippen LogP contribution is -2.23. The van der Waals surface area contributed by atoms with Gasteiger partial charge in [0.2, 0.25) is 0 Å². The van der Waals surface area contributed by atoms with Crippen LogP contribution in [-0.2, 0) is 0 Å². The summed E-state index contributed by atoms with van der Waals surface area (Å²) in [4.78, 5) is 12.3. The Bertz CT molecular complexity index is 462. The second-order valence-electron chi connectivity index (χ2n) is 5.83. The zero-order valence-electron chi connectivity index (χ0n) is 12.0. The van der Waals surface area contributed by atoms with Gasteiger partial charge in [0.1, 0.15) is 0 Å². The number of halogens is 2. The molecule has 0 unspecified atom stereocenters. The number of unbranched alkanes of at least 4 members (excludes halogenated alkanes) is 1. The summed E-state index contributed by atoms with van der Waals surface area (Å²) in [6, 6.07) is 3.84. The van der Waals surface area contributed by atoms with Gasteiger partial charge in [0.25, 0.3) is 0 Å². The molecule has 1 aromatic rings. The molecule has 0 saturated heterocycles. The summed E-state index contributed by atoms with van der Waals surface area (Å²) in [7, 11) is 0. The van der Waals surface area contributed by atoms with Gasteiger partial charge in [0, 0.05) is 5.92 Å². The van der Waals surface area contributed by atoms with Gasteiger partial charge >= 0.3 is 0 Å². The molecular weight excluding hydrogens is 258 g/mol. The maximum absolute atomic E-state index is 13.7. The molecule has 3 heteroatoms. The lowest BCUT2D eigenvalue weighted by Gasteiger charge is -2.27. The van der Waals surface area contributed by atoms with Crippen molar-refractivity contribution in [3.8, 4) is 0 Å². The first-order chi connectivity index (χ1) is 9.63. The molecule has 2 rings (SSSR count). The van der Waals surface area contributed by atoms with Crippen LogP contribution in [0.25, 0.3) is 0 Å². The largest absolute Gasteiger partial charge is 0.294 e. The van der Waals surface area contributed by atoms with E-state index in [-0.39, 0.29) is 17.3 Å². The van der Waals surface area contributed by atoms with Crippen molar-refractivity contribution in [1.29, 1.82) is 0 Å².